The summed E-state index contributed by atoms with van der Waals surface area (Å²) in [7, 11) is 1.53. The van der Waals surface area contributed by atoms with Crippen molar-refractivity contribution in [2.24, 2.45) is 7.05 Å². The number of carboxylic acids is 1. The molecule has 0 saturated heterocycles. The molecule has 0 aliphatic carbocycles. The van der Waals surface area contributed by atoms with Crippen LogP contribution in [0.2, 0.25) is 0 Å². The first kappa shape index (κ1) is 12.3. The standard InChI is InChI=1S/C12H11FN2O3/c1-15-11(5-10(14-15)12(17)18)8-4-7(6-16)2-3-9(8)13/h2-5,16H,6H2,1H3,(H,17,18). The number of hydrogen-bond donors (Lipinski definition) is 2. The fourth-order valence-electron chi connectivity index (χ4n) is 1.69. The fourth-order valence-corrected chi connectivity index (χ4v) is 1.69. The van der Waals surface area contributed by atoms with Gasteiger partial charge in [0.2, 0.25) is 0 Å². The molecule has 6 heteroatoms. The summed E-state index contributed by atoms with van der Waals surface area (Å²) in [4.78, 5) is 10.8. The minimum absolute atomic E-state index is 0.152. The molecular weight excluding hydrogens is 239 g/mol. The number of carbonyl (C=O) groups is 1. The Hall–Kier alpha value is -2.21. The zero-order valence-corrected chi connectivity index (χ0v) is 9.59. The molecule has 1 aromatic carbocycles. The molecule has 0 radical (unpaired) electrons. The molecule has 18 heavy (non-hydrogen) atoms. The van der Waals surface area contributed by atoms with E-state index >= 15 is 0 Å². The number of aromatic carboxylic acids is 1. The predicted molar refractivity (Wildman–Crippen MR) is 61.5 cm³/mol. The summed E-state index contributed by atoms with van der Waals surface area (Å²) in [5, 5.41) is 21.6. The van der Waals surface area contributed by atoms with Crippen LogP contribution in [0.1, 0.15) is 16.1 Å². The normalized spacial score (nSPS) is 10.6. The second-order valence-electron chi connectivity index (χ2n) is 3.82. The zero-order valence-electron chi connectivity index (χ0n) is 9.59. The van der Waals surface area contributed by atoms with E-state index in [0.717, 1.165) is 0 Å². The van der Waals surface area contributed by atoms with Crippen LogP contribution in [-0.2, 0) is 13.7 Å². The summed E-state index contributed by atoms with van der Waals surface area (Å²) >= 11 is 0. The number of hydrogen-bond acceptors (Lipinski definition) is 3. The number of aryl methyl sites for hydroxylation is 1. The van der Waals surface area contributed by atoms with Gasteiger partial charge in [-0.1, -0.05) is 6.07 Å². The van der Waals surface area contributed by atoms with E-state index in [1.807, 2.05) is 0 Å². The molecule has 0 bridgehead atoms. The zero-order chi connectivity index (χ0) is 13.3. The van der Waals surface area contributed by atoms with Gasteiger partial charge >= 0.3 is 5.97 Å². The molecule has 0 amide bonds. The van der Waals surface area contributed by atoms with Crippen LogP contribution in [0.15, 0.2) is 24.3 Å². The molecule has 0 spiro atoms. The van der Waals surface area contributed by atoms with Crippen LogP contribution in [0, 0.1) is 5.82 Å². The summed E-state index contributed by atoms with van der Waals surface area (Å²) in [6, 6.07) is 5.46. The highest BCUT2D eigenvalue weighted by Gasteiger charge is 2.15. The highest BCUT2D eigenvalue weighted by Crippen LogP contribution is 2.24. The summed E-state index contributed by atoms with van der Waals surface area (Å²) in [6.07, 6.45) is 0. The number of aliphatic hydroxyl groups is 1. The Labute approximate surface area is 102 Å². The van der Waals surface area contributed by atoms with Crippen LogP contribution in [0.5, 0.6) is 0 Å². The molecule has 2 aromatic rings. The Morgan fingerprint density at radius 3 is 2.72 bits per heavy atom. The van der Waals surface area contributed by atoms with Crippen LogP contribution in [-0.4, -0.2) is 26.0 Å². The third kappa shape index (κ3) is 2.10. The molecule has 0 unspecified atom stereocenters. The third-order valence-electron chi connectivity index (χ3n) is 2.59. The largest absolute Gasteiger partial charge is 0.476 e. The van der Waals surface area contributed by atoms with Gasteiger partial charge in [-0.3, -0.25) is 4.68 Å². The smallest absolute Gasteiger partial charge is 0.356 e. The molecule has 0 fully saturated rings. The Balaban J connectivity index is 2.57. The van der Waals surface area contributed by atoms with Crippen molar-refractivity contribution < 1.29 is 19.4 Å². The van der Waals surface area contributed by atoms with E-state index in [4.69, 9.17) is 10.2 Å². The van der Waals surface area contributed by atoms with Crippen molar-refractivity contribution >= 4 is 5.97 Å². The maximum atomic E-state index is 13.7. The van der Waals surface area contributed by atoms with Crippen LogP contribution >= 0.6 is 0 Å². The second kappa shape index (κ2) is 4.58. The lowest BCUT2D eigenvalue weighted by Crippen LogP contribution is -1.99. The van der Waals surface area contributed by atoms with Crippen molar-refractivity contribution in [3.63, 3.8) is 0 Å². The number of benzene rings is 1. The number of aromatic nitrogens is 2. The van der Waals surface area contributed by atoms with Gasteiger partial charge in [0.05, 0.1) is 12.3 Å². The number of aliphatic hydroxyl groups excluding tert-OH is 1. The molecule has 2 rings (SSSR count). The van der Waals surface area contributed by atoms with E-state index in [1.165, 1.54) is 36.0 Å². The van der Waals surface area contributed by atoms with E-state index in [0.29, 0.717) is 11.3 Å². The SMILES string of the molecule is Cn1nc(C(=O)O)cc1-c1cc(CO)ccc1F. The first-order valence-electron chi connectivity index (χ1n) is 5.20. The van der Waals surface area contributed by atoms with Gasteiger partial charge in [-0.25, -0.2) is 9.18 Å². The Bertz CT molecular complexity index is 607. The molecule has 0 saturated carbocycles. The van der Waals surface area contributed by atoms with Crippen molar-refractivity contribution in [1.29, 1.82) is 0 Å². The molecule has 0 aliphatic heterocycles. The van der Waals surface area contributed by atoms with Gasteiger partial charge in [-0.15, -0.1) is 0 Å². The summed E-state index contributed by atoms with van der Waals surface area (Å²) in [6.45, 7) is -0.211. The van der Waals surface area contributed by atoms with Gasteiger partial charge in [0.1, 0.15) is 5.82 Å². The van der Waals surface area contributed by atoms with Crippen molar-refractivity contribution in [3.8, 4) is 11.3 Å². The number of nitrogens with zero attached hydrogens (tertiary/aromatic N) is 2. The van der Waals surface area contributed by atoms with E-state index in [1.54, 1.807) is 0 Å². The summed E-state index contributed by atoms with van der Waals surface area (Å²) in [5.41, 5.74) is 0.954. The van der Waals surface area contributed by atoms with E-state index in [-0.39, 0.29) is 17.9 Å². The minimum atomic E-state index is -1.17. The Kier molecular flexibility index (Phi) is 3.12. The maximum Gasteiger partial charge on any atom is 0.356 e. The van der Waals surface area contributed by atoms with Crippen LogP contribution in [0.25, 0.3) is 11.3 Å². The van der Waals surface area contributed by atoms with Gasteiger partial charge in [-0.05, 0) is 23.8 Å². The summed E-state index contributed by atoms with van der Waals surface area (Å²) < 4.78 is 15.0. The van der Waals surface area contributed by atoms with Gasteiger partial charge < -0.3 is 10.2 Å². The average Bonchev–Trinajstić information content (AvgIpc) is 2.72. The number of halogens is 1. The Morgan fingerprint density at radius 2 is 2.17 bits per heavy atom. The maximum absolute atomic E-state index is 13.7. The lowest BCUT2D eigenvalue weighted by molar-refractivity contribution is 0.0689. The second-order valence-corrected chi connectivity index (χ2v) is 3.82. The predicted octanol–water partition coefficient (Wildman–Crippen LogP) is 1.42. The van der Waals surface area contributed by atoms with E-state index in [9.17, 15) is 9.18 Å². The number of rotatable bonds is 3. The van der Waals surface area contributed by atoms with Crippen molar-refractivity contribution in [2.45, 2.75) is 6.61 Å². The monoisotopic (exact) mass is 250 g/mol. The van der Waals surface area contributed by atoms with Crippen LogP contribution < -0.4 is 0 Å². The molecule has 1 heterocycles. The van der Waals surface area contributed by atoms with Crippen molar-refractivity contribution in [1.82, 2.24) is 9.78 Å². The van der Waals surface area contributed by atoms with Gasteiger partial charge in [0.15, 0.2) is 5.69 Å². The Morgan fingerprint density at radius 1 is 1.44 bits per heavy atom. The third-order valence-corrected chi connectivity index (χ3v) is 2.59. The molecule has 2 N–H and O–H groups in total. The minimum Gasteiger partial charge on any atom is -0.476 e. The highest BCUT2D eigenvalue weighted by atomic mass is 19.1. The van der Waals surface area contributed by atoms with Crippen molar-refractivity contribution in [2.75, 3.05) is 0 Å². The topological polar surface area (TPSA) is 75.4 Å². The van der Waals surface area contributed by atoms with Gasteiger partial charge in [0.25, 0.3) is 0 Å². The molecular formula is C12H11FN2O3. The number of carboxylic acid groups (broad SMARTS) is 1. The molecule has 5 nitrogen and oxygen atoms in total. The molecule has 1 aromatic heterocycles. The van der Waals surface area contributed by atoms with Crippen LogP contribution in [0.3, 0.4) is 0 Å². The van der Waals surface area contributed by atoms with E-state index < -0.39 is 11.8 Å². The quantitative estimate of drug-likeness (QED) is 0.863. The van der Waals surface area contributed by atoms with Crippen molar-refractivity contribution in [3.05, 3.63) is 41.3 Å². The average molecular weight is 250 g/mol. The fraction of sp³-hybridized carbons (Fsp3) is 0.167. The first-order chi connectivity index (χ1) is 8.52. The van der Waals surface area contributed by atoms with Gasteiger partial charge in [0, 0.05) is 12.6 Å². The first-order valence-corrected chi connectivity index (χ1v) is 5.20. The highest BCUT2D eigenvalue weighted by molar-refractivity contribution is 5.87. The van der Waals surface area contributed by atoms with Crippen LogP contribution in [0.4, 0.5) is 4.39 Å². The van der Waals surface area contributed by atoms with Gasteiger partial charge in [-0.2, -0.15) is 5.10 Å². The lowest BCUT2D eigenvalue weighted by atomic mass is 10.1. The summed E-state index contributed by atoms with van der Waals surface area (Å²) in [5.74, 6) is -1.66. The molecule has 0 aliphatic rings. The van der Waals surface area contributed by atoms with E-state index in [2.05, 4.69) is 5.10 Å². The molecule has 94 valence electrons. The molecule has 0 atom stereocenters. The lowest BCUT2D eigenvalue weighted by Gasteiger charge is -2.05.